The van der Waals surface area contributed by atoms with Crippen molar-refractivity contribution in [2.45, 2.75) is 25.8 Å². The lowest BCUT2D eigenvalue weighted by Gasteiger charge is -2.24. The molecule has 2 heterocycles. The smallest absolute Gasteiger partial charge is 0.0469 e. The lowest BCUT2D eigenvalue weighted by atomic mass is 9.99. The molecular formula is C13H20N2O. The van der Waals surface area contributed by atoms with Crippen LogP contribution in [0.5, 0.6) is 0 Å². The second-order valence-corrected chi connectivity index (χ2v) is 4.47. The van der Waals surface area contributed by atoms with Gasteiger partial charge in [-0.1, -0.05) is 0 Å². The summed E-state index contributed by atoms with van der Waals surface area (Å²) in [6.45, 7) is 5.15. The van der Waals surface area contributed by atoms with Crippen molar-refractivity contribution in [3.63, 3.8) is 0 Å². The summed E-state index contributed by atoms with van der Waals surface area (Å²) in [5, 5.41) is 3.59. The van der Waals surface area contributed by atoms with Crippen LogP contribution in [0.15, 0.2) is 24.5 Å². The van der Waals surface area contributed by atoms with Crippen LogP contribution in [0.3, 0.4) is 0 Å². The third-order valence-corrected chi connectivity index (χ3v) is 3.26. The Labute approximate surface area is 97.2 Å². The fraction of sp³-hybridized carbons (Fsp3) is 0.615. The summed E-state index contributed by atoms with van der Waals surface area (Å²) in [6, 6.07) is 4.55. The highest BCUT2D eigenvalue weighted by molar-refractivity contribution is 5.13. The van der Waals surface area contributed by atoms with E-state index in [1.165, 1.54) is 18.4 Å². The van der Waals surface area contributed by atoms with Crippen LogP contribution >= 0.6 is 0 Å². The van der Waals surface area contributed by atoms with E-state index in [0.717, 1.165) is 25.7 Å². The molecule has 1 fully saturated rings. The second-order valence-electron chi connectivity index (χ2n) is 4.47. The lowest BCUT2D eigenvalue weighted by molar-refractivity contribution is 0.0656. The van der Waals surface area contributed by atoms with Crippen LogP contribution in [-0.4, -0.2) is 24.7 Å². The summed E-state index contributed by atoms with van der Waals surface area (Å²) in [5.41, 5.74) is 1.31. The maximum Gasteiger partial charge on any atom is 0.0469 e. The van der Waals surface area contributed by atoms with Crippen molar-refractivity contribution in [1.82, 2.24) is 10.3 Å². The summed E-state index contributed by atoms with van der Waals surface area (Å²) in [5.74, 6) is 0.776. The molecule has 0 bridgehead atoms. The molecule has 1 saturated heterocycles. The average molecular weight is 220 g/mol. The van der Waals surface area contributed by atoms with E-state index >= 15 is 0 Å². The highest BCUT2D eigenvalue weighted by Gasteiger charge is 2.14. The Hall–Kier alpha value is -0.930. The fourth-order valence-electron chi connectivity index (χ4n) is 2.06. The van der Waals surface area contributed by atoms with Crippen LogP contribution in [0.4, 0.5) is 0 Å². The zero-order valence-corrected chi connectivity index (χ0v) is 9.86. The first-order valence-corrected chi connectivity index (χ1v) is 6.07. The minimum Gasteiger partial charge on any atom is -0.381 e. The minimum absolute atomic E-state index is 0.408. The molecule has 1 aromatic heterocycles. The standard InChI is InChI=1S/C13H20N2O/c1-11(13-2-6-14-7-3-13)15-10-12-4-8-16-9-5-12/h2-3,6-7,11-12,15H,4-5,8-10H2,1H3/t11-/m0/s1. The van der Waals surface area contributed by atoms with Crippen LogP contribution in [0.1, 0.15) is 31.4 Å². The monoisotopic (exact) mass is 220 g/mol. The van der Waals surface area contributed by atoms with Gasteiger partial charge in [0.15, 0.2) is 0 Å². The maximum absolute atomic E-state index is 5.36. The first kappa shape index (κ1) is 11.6. The first-order chi connectivity index (χ1) is 7.86. The van der Waals surface area contributed by atoms with Crippen molar-refractivity contribution >= 4 is 0 Å². The number of hydrogen-bond donors (Lipinski definition) is 1. The number of ether oxygens (including phenoxy) is 1. The predicted molar refractivity (Wildman–Crippen MR) is 64.2 cm³/mol. The van der Waals surface area contributed by atoms with Gasteiger partial charge in [0.25, 0.3) is 0 Å². The molecule has 1 aliphatic heterocycles. The van der Waals surface area contributed by atoms with Crippen molar-refractivity contribution in [3.8, 4) is 0 Å². The van der Waals surface area contributed by atoms with Gasteiger partial charge in [0, 0.05) is 31.6 Å². The van der Waals surface area contributed by atoms with Crippen molar-refractivity contribution in [2.75, 3.05) is 19.8 Å². The molecule has 0 unspecified atom stereocenters. The predicted octanol–water partition coefficient (Wildman–Crippen LogP) is 2.16. The molecule has 0 saturated carbocycles. The Morgan fingerprint density at radius 3 is 2.75 bits per heavy atom. The molecule has 3 nitrogen and oxygen atoms in total. The number of aromatic nitrogens is 1. The molecular weight excluding hydrogens is 200 g/mol. The molecule has 0 aromatic carbocycles. The zero-order chi connectivity index (χ0) is 11.2. The van der Waals surface area contributed by atoms with Gasteiger partial charge in [-0.25, -0.2) is 0 Å². The topological polar surface area (TPSA) is 34.1 Å². The Balaban J connectivity index is 1.77. The van der Waals surface area contributed by atoms with E-state index in [0.29, 0.717) is 6.04 Å². The average Bonchev–Trinajstić information content (AvgIpc) is 2.38. The van der Waals surface area contributed by atoms with Gasteiger partial charge in [0.1, 0.15) is 0 Å². The number of rotatable bonds is 4. The van der Waals surface area contributed by atoms with E-state index in [9.17, 15) is 0 Å². The number of pyridine rings is 1. The van der Waals surface area contributed by atoms with Gasteiger partial charge in [-0.05, 0) is 49.9 Å². The van der Waals surface area contributed by atoms with Gasteiger partial charge >= 0.3 is 0 Å². The molecule has 0 aliphatic carbocycles. The van der Waals surface area contributed by atoms with Crippen LogP contribution in [-0.2, 0) is 4.74 Å². The molecule has 0 amide bonds. The normalized spacial score (nSPS) is 19.6. The first-order valence-electron chi connectivity index (χ1n) is 6.07. The number of nitrogens with one attached hydrogen (secondary N) is 1. The fourth-order valence-corrected chi connectivity index (χ4v) is 2.06. The van der Waals surface area contributed by atoms with Crippen molar-refractivity contribution in [2.24, 2.45) is 5.92 Å². The van der Waals surface area contributed by atoms with Gasteiger partial charge in [0.05, 0.1) is 0 Å². The Bertz CT molecular complexity index is 296. The van der Waals surface area contributed by atoms with E-state index in [2.05, 4.69) is 29.4 Å². The molecule has 88 valence electrons. The zero-order valence-electron chi connectivity index (χ0n) is 9.86. The van der Waals surface area contributed by atoms with Crippen molar-refractivity contribution in [3.05, 3.63) is 30.1 Å². The van der Waals surface area contributed by atoms with Crippen molar-refractivity contribution in [1.29, 1.82) is 0 Å². The van der Waals surface area contributed by atoms with Crippen molar-refractivity contribution < 1.29 is 4.74 Å². The summed E-state index contributed by atoms with van der Waals surface area (Å²) < 4.78 is 5.36. The maximum atomic E-state index is 5.36. The van der Waals surface area contributed by atoms with E-state index < -0.39 is 0 Å². The second kappa shape index (κ2) is 5.97. The van der Waals surface area contributed by atoms with Gasteiger partial charge < -0.3 is 10.1 Å². The largest absolute Gasteiger partial charge is 0.381 e. The molecule has 16 heavy (non-hydrogen) atoms. The molecule has 1 atom stereocenters. The molecule has 2 rings (SSSR count). The quantitative estimate of drug-likeness (QED) is 0.844. The van der Waals surface area contributed by atoms with E-state index in [1.807, 2.05) is 12.4 Å². The third-order valence-electron chi connectivity index (χ3n) is 3.26. The van der Waals surface area contributed by atoms with E-state index in [1.54, 1.807) is 0 Å². The minimum atomic E-state index is 0.408. The molecule has 1 N–H and O–H groups in total. The van der Waals surface area contributed by atoms with E-state index in [4.69, 9.17) is 4.74 Å². The van der Waals surface area contributed by atoms with Crippen LogP contribution in [0.25, 0.3) is 0 Å². The lowest BCUT2D eigenvalue weighted by Crippen LogP contribution is -2.29. The molecule has 3 heteroatoms. The Morgan fingerprint density at radius 2 is 2.06 bits per heavy atom. The Kier molecular flexibility index (Phi) is 4.31. The van der Waals surface area contributed by atoms with Gasteiger partial charge in [0.2, 0.25) is 0 Å². The number of hydrogen-bond acceptors (Lipinski definition) is 3. The Morgan fingerprint density at radius 1 is 1.38 bits per heavy atom. The summed E-state index contributed by atoms with van der Waals surface area (Å²) in [6.07, 6.45) is 6.08. The van der Waals surface area contributed by atoms with Crippen LogP contribution in [0.2, 0.25) is 0 Å². The SMILES string of the molecule is C[C@H](NCC1CCOCC1)c1ccncc1. The summed E-state index contributed by atoms with van der Waals surface area (Å²) in [4.78, 5) is 4.03. The van der Waals surface area contributed by atoms with E-state index in [-0.39, 0.29) is 0 Å². The summed E-state index contributed by atoms with van der Waals surface area (Å²) >= 11 is 0. The van der Waals surface area contributed by atoms with Gasteiger partial charge in [-0.3, -0.25) is 4.98 Å². The molecule has 1 aliphatic rings. The molecule has 0 radical (unpaired) electrons. The van der Waals surface area contributed by atoms with Gasteiger partial charge in [-0.15, -0.1) is 0 Å². The van der Waals surface area contributed by atoms with Crippen LogP contribution in [0, 0.1) is 5.92 Å². The number of nitrogens with zero attached hydrogens (tertiary/aromatic N) is 1. The highest BCUT2D eigenvalue weighted by atomic mass is 16.5. The van der Waals surface area contributed by atoms with Crippen LogP contribution < -0.4 is 5.32 Å². The molecule has 0 spiro atoms. The highest BCUT2D eigenvalue weighted by Crippen LogP contribution is 2.16. The molecule has 1 aromatic rings. The van der Waals surface area contributed by atoms with Gasteiger partial charge in [-0.2, -0.15) is 0 Å². The third kappa shape index (κ3) is 3.29. The summed E-state index contributed by atoms with van der Waals surface area (Å²) in [7, 11) is 0.